The smallest absolute Gasteiger partial charge is 0.313 e. The van der Waals surface area contributed by atoms with E-state index in [0.29, 0.717) is 24.7 Å². The third-order valence-corrected chi connectivity index (χ3v) is 5.87. The quantitative estimate of drug-likeness (QED) is 0.781. The molecule has 1 aromatic rings. The van der Waals surface area contributed by atoms with E-state index in [1.165, 1.54) is 0 Å². The summed E-state index contributed by atoms with van der Waals surface area (Å²) in [4.78, 5) is 13.7. The van der Waals surface area contributed by atoms with Crippen molar-refractivity contribution in [2.45, 2.75) is 64.8 Å². The van der Waals surface area contributed by atoms with Crippen LogP contribution in [0.25, 0.3) is 0 Å². The molecule has 0 bridgehead atoms. The molecule has 0 spiro atoms. The van der Waals surface area contributed by atoms with E-state index in [4.69, 9.17) is 0 Å². The van der Waals surface area contributed by atoms with Crippen LogP contribution < -0.4 is 0 Å². The number of likely N-dealkylation sites (tertiary alicyclic amines) is 1. The standard InChI is InChI=1S/C19H30F2N4O2/c1-18(2,3)16(17(26)27)15-12-25(23-22-15)9-6-13-4-7-24(8-5-13)11-14-10-19(14,20)21/h12-14,16H,4-11H2,1-3H3,(H,26,27). The van der Waals surface area contributed by atoms with Crippen molar-refractivity contribution in [1.82, 2.24) is 19.9 Å². The molecule has 0 amide bonds. The van der Waals surface area contributed by atoms with Crippen LogP contribution in [0.4, 0.5) is 8.78 Å². The average Bonchev–Trinajstić information content (AvgIpc) is 2.93. The van der Waals surface area contributed by atoms with E-state index in [0.717, 1.165) is 32.4 Å². The van der Waals surface area contributed by atoms with Crippen LogP contribution in [-0.2, 0) is 11.3 Å². The molecule has 1 saturated heterocycles. The molecular formula is C19H30F2N4O2. The first-order valence-electron chi connectivity index (χ1n) is 9.79. The van der Waals surface area contributed by atoms with Gasteiger partial charge in [0, 0.05) is 31.6 Å². The first kappa shape index (κ1) is 20.2. The van der Waals surface area contributed by atoms with Gasteiger partial charge in [-0.2, -0.15) is 0 Å². The van der Waals surface area contributed by atoms with Crippen molar-refractivity contribution in [1.29, 1.82) is 0 Å². The van der Waals surface area contributed by atoms with Crippen molar-refractivity contribution in [2.24, 2.45) is 17.3 Å². The number of hydrogen-bond donors (Lipinski definition) is 1. The predicted octanol–water partition coefficient (Wildman–Crippen LogP) is 3.25. The molecule has 2 atom stereocenters. The van der Waals surface area contributed by atoms with Crippen molar-refractivity contribution >= 4 is 5.97 Å². The summed E-state index contributed by atoms with van der Waals surface area (Å²) in [6.07, 6.45) is 4.77. The Bertz CT molecular complexity index is 663. The molecule has 152 valence electrons. The fraction of sp³-hybridized carbons (Fsp3) is 0.842. The van der Waals surface area contributed by atoms with Gasteiger partial charge in [0.05, 0.1) is 5.69 Å². The van der Waals surface area contributed by atoms with E-state index in [-0.39, 0.29) is 6.42 Å². The third kappa shape index (κ3) is 5.03. The Balaban J connectivity index is 1.45. The molecular weight excluding hydrogens is 354 g/mol. The Kier molecular flexibility index (Phi) is 5.57. The summed E-state index contributed by atoms with van der Waals surface area (Å²) in [6, 6.07) is 0. The Hall–Kier alpha value is -1.57. The number of aromatic nitrogens is 3. The summed E-state index contributed by atoms with van der Waals surface area (Å²) in [5.41, 5.74) is 0.0629. The van der Waals surface area contributed by atoms with Crippen molar-refractivity contribution in [3.63, 3.8) is 0 Å². The fourth-order valence-electron chi connectivity index (χ4n) is 4.05. The van der Waals surface area contributed by atoms with Gasteiger partial charge in [-0.1, -0.05) is 26.0 Å². The number of piperidine rings is 1. The minimum atomic E-state index is -2.43. The summed E-state index contributed by atoms with van der Waals surface area (Å²) in [7, 11) is 0. The summed E-state index contributed by atoms with van der Waals surface area (Å²) >= 11 is 0. The summed E-state index contributed by atoms with van der Waals surface area (Å²) in [6.45, 7) is 8.64. The summed E-state index contributed by atoms with van der Waals surface area (Å²) < 4.78 is 27.8. The van der Waals surface area contributed by atoms with Crippen molar-refractivity contribution in [3.05, 3.63) is 11.9 Å². The number of aliphatic carboxylic acids is 1. The maximum atomic E-state index is 13.0. The van der Waals surface area contributed by atoms with Crippen LogP contribution in [-0.4, -0.2) is 56.5 Å². The van der Waals surface area contributed by atoms with Crippen LogP contribution in [0.1, 0.15) is 58.1 Å². The topological polar surface area (TPSA) is 71.2 Å². The molecule has 1 aromatic heterocycles. The first-order chi connectivity index (χ1) is 12.6. The van der Waals surface area contributed by atoms with Gasteiger partial charge in [0.2, 0.25) is 0 Å². The largest absolute Gasteiger partial charge is 0.481 e. The summed E-state index contributed by atoms with van der Waals surface area (Å²) in [5.74, 6) is -3.89. The van der Waals surface area contributed by atoms with E-state index in [1.807, 2.05) is 20.8 Å². The number of carboxylic acid groups (broad SMARTS) is 1. The molecule has 2 fully saturated rings. The second-order valence-corrected chi connectivity index (χ2v) is 9.24. The lowest BCUT2D eigenvalue weighted by Gasteiger charge is -2.31. The molecule has 6 nitrogen and oxygen atoms in total. The number of rotatable bonds is 7. The zero-order valence-electron chi connectivity index (χ0n) is 16.4. The lowest BCUT2D eigenvalue weighted by Crippen LogP contribution is -2.36. The molecule has 1 aliphatic carbocycles. The van der Waals surface area contributed by atoms with E-state index >= 15 is 0 Å². The Morgan fingerprint density at radius 2 is 2.00 bits per heavy atom. The number of aryl methyl sites for hydroxylation is 1. The zero-order valence-corrected chi connectivity index (χ0v) is 16.4. The van der Waals surface area contributed by atoms with E-state index in [9.17, 15) is 18.7 Å². The molecule has 0 radical (unpaired) electrons. The minimum Gasteiger partial charge on any atom is -0.481 e. The van der Waals surface area contributed by atoms with Crippen LogP contribution in [0.15, 0.2) is 6.20 Å². The van der Waals surface area contributed by atoms with Gasteiger partial charge < -0.3 is 10.0 Å². The van der Waals surface area contributed by atoms with E-state index in [2.05, 4.69) is 15.2 Å². The molecule has 8 heteroatoms. The molecule has 27 heavy (non-hydrogen) atoms. The third-order valence-electron chi connectivity index (χ3n) is 5.87. The van der Waals surface area contributed by atoms with Gasteiger partial charge in [-0.15, -0.1) is 5.10 Å². The van der Waals surface area contributed by atoms with Gasteiger partial charge in [0.1, 0.15) is 5.92 Å². The molecule has 0 aromatic carbocycles. The zero-order chi connectivity index (χ0) is 19.8. The SMILES string of the molecule is CC(C)(C)C(C(=O)O)c1cn(CCC2CCN(CC3CC3(F)F)CC2)nn1. The Morgan fingerprint density at radius 3 is 2.52 bits per heavy atom. The number of alkyl halides is 2. The average molecular weight is 384 g/mol. The van der Waals surface area contributed by atoms with Gasteiger partial charge in [-0.3, -0.25) is 9.48 Å². The maximum Gasteiger partial charge on any atom is 0.313 e. The number of nitrogens with zero attached hydrogens (tertiary/aromatic N) is 4. The van der Waals surface area contributed by atoms with Crippen molar-refractivity contribution < 1.29 is 18.7 Å². The monoisotopic (exact) mass is 384 g/mol. The number of carboxylic acids is 1. The minimum absolute atomic E-state index is 0.0491. The van der Waals surface area contributed by atoms with Gasteiger partial charge in [0.25, 0.3) is 5.92 Å². The van der Waals surface area contributed by atoms with Crippen LogP contribution in [0.2, 0.25) is 0 Å². The predicted molar refractivity (Wildman–Crippen MR) is 96.7 cm³/mol. The van der Waals surface area contributed by atoms with Gasteiger partial charge in [0.15, 0.2) is 0 Å². The Labute approximate surface area is 158 Å². The molecule has 3 rings (SSSR count). The van der Waals surface area contributed by atoms with E-state index in [1.54, 1.807) is 10.9 Å². The second-order valence-electron chi connectivity index (χ2n) is 9.24. The lowest BCUT2D eigenvalue weighted by atomic mass is 9.79. The first-order valence-corrected chi connectivity index (χ1v) is 9.79. The normalized spacial score (nSPS) is 24.7. The highest BCUT2D eigenvalue weighted by molar-refractivity contribution is 5.76. The Morgan fingerprint density at radius 1 is 1.37 bits per heavy atom. The van der Waals surface area contributed by atoms with Crippen LogP contribution >= 0.6 is 0 Å². The highest BCUT2D eigenvalue weighted by Gasteiger charge is 2.57. The number of hydrogen-bond acceptors (Lipinski definition) is 4. The molecule has 2 heterocycles. The highest BCUT2D eigenvalue weighted by Crippen LogP contribution is 2.49. The highest BCUT2D eigenvalue weighted by atomic mass is 19.3. The number of halogens is 2. The van der Waals surface area contributed by atoms with Crippen LogP contribution in [0.5, 0.6) is 0 Å². The molecule has 1 aliphatic heterocycles. The molecule has 2 aliphatic rings. The van der Waals surface area contributed by atoms with Crippen molar-refractivity contribution in [3.8, 4) is 0 Å². The summed E-state index contributed by atoms with van der Waals surface area (Å²) in [5, 5.41) is 17.7. The molecule has 1 saturated carbocycles. The lowest BCUT2D eigenvalue weighted by molar-refractivity contribution is -0.141. The van der Waals surface area contributed by atoms with Gasteiger partial charge >= 0.3 is 5.97 Å². The van der Waals surface area contributed by atoms with Crippen LogP contribution in [0.3, 0.4) is 0 Å². The maximum absolute atomic E-state index is 13.0. The van der Waals surface area contributed by atoms with Crippen LogP contribution in [0, 0.1) is 17.3 Å². The van der Waals surface area contributed by atoms with Gasteiger partial charge in [-0.05, 0) is 43.7 Å². The molecule has 2 unspecified atom stereocenters. The van der Waals surface area contributed by atoms with Crippen molar-refractivity contribution in [2.75, 3.05) is 19.6 Å². The van der Waals surface area contributed by atoms with Gasteiger partial charge in [-0.25, -0.2) is 8.78 Å². The van der Waals surface area contributed by atoms with E-state index < -0.39 is 29.1 Å². The molecule has 1 N–H and O–H groups in total. The second kappa shape index (κ2) is 7.45. The fourth-order valence-corrected chi connectivity index (χ4v) is 4.05. The number of carbonyl (C=O) groups is 1.